The third kappa shape index (κ3) is 9.05. The molecule has 2 heterocycles. The number of amides is 1. The van der Waals surface area contributed by atoms with Gasteiger partial charge in [-0.1, -0.05) is 19.1 Å². The quantitative estimate of drug-likeness (QED) is 0.236. The summed E-state index contributed by atoms with van der Waals surface area (Å²) in [5.41, 5.74) is 1.44. The number of nitrogens with zero attached hydrogens (tertiary/aromatic N) is 3. The van der Waals surface area contributed by atoms with E-state index in [2.05, 4.69) is 19.8 Å². The molecule has 0 unspecified atom stereocenters. The van der Waals surface area contributed by atoms with Gasteiger partial charge >= 0.3 is 13.2 Å². The number of sulfone groups is 1. The Morgan fingerprint density at radius 2 is 1.78 bits per heavy atom. The molecule has 0 spiro atoms. The number of hydrogen-bond acceptors (Lipinski definition) is 9. The van der Waals surface area contributed by atoms with Crippen molar-refractivity contribution in [1.82, 2.24) is 10.3 Å². The first kappa shape index (κ1) is 33.5. The van der Waals surface area contributed by atoms with Gasteiger partial charge in [-0.15, -0.1) is 0 Å². The van der Waals surface area contributed by atoms with Crippen LogP contribution in [0.1, 0.15) is 41.7 Å². The minimum atomic E-state index is -3.41. The lowest BCUT2D eigenvalue weighted by atomic mass is 10.0. The maximum Gasteiger partial charge on any atom is 0.387 e. The van der Waals surface area contributed by atoms with E-state index < -0.39 is 47.2 Å². The van der Waals surface area contributed by atoms with Crippen molar-refractivity contribution < 1.29 is 45.0 Å². The second-order valence-electron chi connectivity index (χ2n) is 9.99. The zero-order chi connectivity index (χ0) is 32.6. The van der Waals surface area contributed by atoms with Crippen LogP contribution in [0.5, 0.6) is 11.6 Å². The molecule has 45 heavy (non-hydrogen) atoms. The first-order valence-electron chi connectivity index (χ1n) is 13.8. The van der Waals surface area contributed by atoms with Crippen LogP contribution in [0, 0.1) is 11.3 Å². The van der Waals surface area contributed by atoms with Crippen molar-refractivity contribution in [1.29, 1.82) is 5.26 Å². The molecule has 240 valence electrons. The van der Waals surface area contributed by atoms with E-state index in [1.165, 1.54) is 31.2 Å². The fourth-order valence-corrected chi connectivity index (χ4v) is 5.74. The molecule has 3 aromatic rings. The van der Waals surface area contributed by atoms with Gasteiger partial charge in [0.2, 0.25) is 5.88 Å². The van der Waals surface area contributed by atoms with Crippen LogP contribution in [-0.4, -0.2) is 63.6 Å². The van der Waals surface area contributed by atoms with Crippen molar-refractivity contribution in [3.63, 3.8) is 0 Å². The molecule has 0 aliphatic carbocycles. The number of rotatable bonds is 14. The lowest BCUT2D eigenvalue weighted by molar-refractivity contribution is -0.131. The molecule has 4 rings (SSSR count). The van der Waals surface area contributed by atoms with Crippen molar-refractivity contribution in [3.05, 3.63) is 78.0 Å². The molecule has 1 amide bonds. The number of hydrogen-bond donors (Lipinski definition) is 1. The van der Waals surface area contributed by atoms with E-state index >= 15 is 0 Å². The highest BCUT2D eigenvalue weighted by Crippen LogP contribution is 2.30. The number of alkyl halides is 4. The third-order valence-corrected chi connectivity index (χ3v) is 8.85. The predicted octanol–water partition coefficient (Wildman–Crippen LogP) is 5.13. The van der Waals surface area contributed by atoms with Crippen LogP contribution in [0.3, 0.4) is 0 Å². The van der Waals surface area contributed by atoms with E-state index in [0.717, 1.165) is 6.20 Å². The summed E-state index contributed by atoms with van der Waals surface area (Å²) < 4.78 is 89.5. The molecule has 0 bridgehead atoms. The first-order valence-corrected chi connectivity index (χ1v) is 15.5. The summed E-state index contributed by atoms with van der Waals surface area (Å²) in [7, 11) is -3.41. The molecule has 2 aromatic carbocycles. The van der Waals surface area contributed by atoms with E-state index in [9.17, 15) is 36.0 Å². The molecule has 0 saturated carbocycles. The highest BCUT2D eigenvalue weighted by atomic mass is 32.2. The Hall–Kier alpha value is -4.42. The number of halogens is 4. The highest BCUT2D eigenvalue weighted by Gasteiger charge is 2.35. The van der Waals surface area contributed by atoms with Crippen LogP contribution in [0.15, 0.2) is 71.8 Å². The minimum Gasteiger partial charge on any atom is -0.472 e. The van der Waals surface area contributed by atoms with Gasteiger partial charge in [-0.2, -0.15) is 22.8 Å². The lowest BCUT2D eigenvalue weighted by Gasteiger charge is -2.26. The van der Waals surface area contributed by atoms with Gasteiger partial charge in [0.1, 0.15) is 11.9 Å². The largest absolute Gasteiger partial charge is 0.472 e. The molecular formula is C30H30F4N4O6S. The van der Waals surface area contributed by atoms with Gasteiger partial charge in [0, 0.05) is 23.7 Å². The van der Waals surface area contributed by atoms with Crippen molar-refractivity contribution in [2.45, 2.75) is 56.1 Å². The van der Waals surface area contributed by atoms with Gasteiger partial charge in [-0.05, 0) is 48.0 Å². The van der Waals surface area contributed by atoms with E-state index in [-0.39, 0.29) is 47.4 Å². The molecule has 1 N–H and O–H groups in total. The summed E-state index contributed by atoms with van der Waals surface area (Å²) in [5, 5.41) is 12.1. The van der Waals surface area contributed by atoms with E-state index in [1.807, 2.05) is 6.07 Å². The zero-order valence-electron chi connectivity index (χ0n) is 24.0. The molecule has 1 aliphatic heterocycles. The molecule has 15 heteroatoms. The van der Waals surface area contributed by atoms with Gasteiger partial charge in [-0.3, -0.25) is 4.79 Å². The molecule has 3 atom stereocenters. The summed E-state index contributed by atoms with van der Waals surface area (Å²) >= 11 is 0. The molecule has 10 nitrogen and oxygen atoms in total. The Kier molecular flexibility index (Phi) is 11.2. The smallest absolute Gasteiger partial charge is 0.387 e. The van der Waals surface area contributed by atoms with Crippen LogP contribution in [0.4, 0.5) is 23.2 Å². The SMILES string of the molecule is CCS(=O)(=O)c1ccc([C@H](CC#N)NC(=O)c2ccc(N3C[C@@H](Oc4ccc(OC(F)F)cn4)C[C@H]3COC(F)F)cc2)cc1. The van der Waals surface area contributed by atoms with E-state index in [0.29, 0.717) is 17.7 Å². The van der Waals surface area contributed by atoms with Gasteiger partial charge in [0.25, 0.3) is 5.91 Å². The molecule has 1 saturated heterocycles. The van der Waals surface area contributed by atoms with Crippen LogP contribution in [0.25, 0.3) is 0 Å². The summed E-state index contributed by atoms with van der Waals surface area (Å²) in [4.78, 5) is 19.0. The van der Waals surface area contributed by atoms with Crippen LogP contribution in [0.2, 0.25) is 0 Å². The summed E-state index contributed by atoms with van der Waals surface area (Å²) in [6.07, 6.45) is 0.823. The predicted molar refractivity (Wildman–Crippen MR) is 154 cm³/mol. The number of nitriles is 1. The number of carbonyl (C=O) groups is 1. The summed E-state index contributed by atoms with van der Waals surface area (Å²) in [6, 6.07) is 15.8. The second-order valence-corrected chi connectivity index (χ2v) is 12.3. The number of benzene rings is 2. The third-order valence-electron chi connectivity index (χ3n) is 7.10. The Morgan fingerprint density at radius 1 is 1.07 bits per heavy atom. The van der Waals surface area contributed by atoms with Gasteiger partial charge in [0.05, 0.1) is 54.6 Å². The second kappa shape index (κ2) is 15.0. The number of nitrogens with one attached hydrogen (secondary N) is 1. The highest BCUT2D eigenvalue weighted by molar-refractivity contribution is 7.91. The van der Waals surface area contributed by atoms with Gasteiger partial charge < -0.3 is 24.4 Å². The fourth-order valence-electron chi connectivity index (χ4n) is 4.86. The first-order chi connectivity index (χ1) is 21.5. The summed E-state index contributed by atoms with van der Waals surface area (Å²) in [5.74, 6) is -0.537. The average Bonchev–Trinajstić information content (AvgIpc) is 3.43. The lowest BCUT2D eigenvalue weighted by Crippen LogP contribution is -2.34. The van der Waals surface area contributed by atoms with E-state index in [4.69, 9.17) is 4.74 Å². The van der Waals surface area contributed by atoms with Crippen molar-refractivity contribution >= 4 is 21.4 Å². The topological polar surface area (TPSA) is 131 Å². The maximum atomic E-state index is 13.1. The zero-order valence-corrected chi connectivity index (χ0v) is 24.8. The Morgan fingerprint density at radius 3 is 2.36 bits per heavy atom. The summed E-state index contributed by atoms with van der Waals surface area (Å²) in [6.45, 7) is -4.48. The number of ether oxygens (including phenoxy) is 3. The fraction of sp³-hybridized carbons (Fsp3) is 0.367. The van der Waals surface area contributed by atoms with E-state index in [1.54, 1.807) is 41.3 Å². The van der Waals surface area contributed by atoms with Crippen LogP contribution in [-0.2, 0) is 14.6 Å². The molecule has 1 aliphatic rings. The van der Waals surface area contributed by atoms with Gasteiger partial charge in [-0.25, -0.2) is 13.4 Å². The van der Waals surface area contributed by atoms with Crippen LogP contribution >= 0.6 is 0 Å². The Labute approximate surface area is 257 Å². The standard InChI is InChI=1S/C30H30F4N4O6S/c1-2-45(40,41)25-10-5-19(6-11-25)26(13-14-35)37-28(39)20-3-7-21(8-4-20)38-17-24(15-22(38)18-42-29(31)32)43-27-12-9-23(16-36-27)44-30(33)34/h3-12,16,22,24,26,29-30H,2,13,15,17-18H2,1H3,(H,37,39)/t22-,24-,26-/m0/s1. The number of anilines is 1. The number of pyridine rings is 1. The van der Waals surface area contributed by atoms with Crippen LogP contribution < -0.4 is 19.7 Å². The number of aromatic nitrogens is 1. The van der Waals surface area contributed by atoms with Gasteiger partial charge in [0.15, 0.2) is 9.84 Å². The molecule has 0 radical (unpaired) electrons. The Bertz CT molecular complexity index is 1570. The minimum absolute atomic E-state index is 0.0541. The average molecular weight is 651 g/mol. The van der Waals surface area contributed by atoms with Crippen molar-refractivity contribution in [2.24, 2.45) is 0 Å². The molecular weight excluding hydrogens is 620 g/mol. The normalized spacial score (nSPS) is 17.2. The number of carbonyl (C=O) groups excluding carboxylic acids is 1. The molecule has 1 aromatic heterocycles. The maximum absolute atomic E-state index is 13.1. The Balaban J connectivity index is 1.44. The van der Waals surface area contributed by atoms with Crippen molar-refractivity contribution in [2.75, 3.05) is 23.8 Å². The molecule has 1 fully saturated rings. The van der Waals surface area contributed by atoms with Crippen molar-refractivity contribution in [3.8, 4) is 17.7 Å². The monoisotopic (exact) mass is 650 g/mol.